The number of aryl methyl sites for hydroxylation is 3. The number of halogens is 2. The molecule has 1 aliphatic rings. The monoisotopic (exact) mass is 566 g/mol. The van der Waals surface area contributed by atoms with Crippen molar-refractivity contribution in [2.75, 3.05) is 0 Å². The van der Waals surface area contributed by atoms with Gasteiger partial charge in [0.25, 0.3) is 11.8 Å². The number of aromatic amines is 1. The van der Waals surface area contributed by atoms with E-state index in [2.05, 4.69) is 41.2 Å². The zero-order chi connectivity index (χ0) is 29.2. The van der Waals surface area contributed by atoms with Gasteiger partial charge in [0.05, 0.1) is 6.04 Å². The second kappa shape index (κ2) is 11.2. The molecular weight excluding hydrogens is 542 g/mol. The number of carbonyl (C=O) groups excluding carboxylic acids is 2. The molecule has 2 heterocycles. The number of tetrazole rings is 1. The second-order valence-electron chi connectivity index (χ2n) is 9.95. The molecule has 0 saturated carbocycles. The van der Waals surface area contributed by atoms with Crippen LogP contribution in [0.4, 0.5) is 8.78 Å². The molecule has 0 radical (unpaired) electrons. The van der Waals surface area contributed by atoms with Gasteiger partial charge in [-0.2, -0.15) is 5.21 Å². The van der Waals surface area contributed by atoms with E-state index in [0.717, 1.165) is 34.1 Å². The van der Waals surface area contributed by atoms with Crippen LogP contribution in [-0.2, 0) is 19.4 Å². The van der Waals surface area contributed by atoms with E-state index in [1.165, 1.54) is 24.3 Å². The van der Waals surface area contributed by atoms with Gasteiger partial charge in [0, 0.05) is 18.2 Å². The molecule has 5 aromatic rings. The van der Waals surface area contributed by atoms with Crippen molar-refractivity contribution in [3.8, 4) is 11.4 Å². The third-order valence-corrected chi connectivity index (χ3v) is 7.22. The average Bonchev–Trinajstić information content (AvgIpc) is 3.50. The summed E-state index contributed by atoms with van der Waals surface area (Å²) in [6, 6.07) is 15.4. The van der Waals surface area contributed by atoms with Crippen molar-refractivity contribution in [2.45, 2.75) is 32.4 Å². The van der Waals surface area contributed by atoms with Crippen LogP contribution in [0, 0.1) is 18.6 Å². The number of aromatic nitrogens is 6. The van der Waals surface area contributed by atoms with Gasteiger partial charge in [-0.1, -0.05) is 30.3 Å². The SMILES string of the molecule is Cc1cc(CNC(=O)c2cc(C(=O)N[C@H]3c4ccc(-c5nn[nH]n5)cc4CCc4ccc(F)cc43)ncn2)ccc1F. The molecule has 0 saturated heterocycles. The average molecular weight is 567 g/mol. The number of fused-ring (bicyclic) bond motifs is 2. The summed E-state index contributed by atoms with van der Waals surface area (Å²) in [4.78, 5) is 34.4. The molecule has 42 heavy (non-hydrogen) atoms. The van der Waals surface area contributed by atoms with Crippen molar-refractivity contribution >= 4 is 11.8 Å². The van der Waals surface area contributed by atoms with Crippen LogP contribution in [0.25, 0.3) is 11.4 Å². The Kier molecular flexibility index (Phi) is 7.17. The fourth-order valence-electron chi connectivity index (χ4n) is 5.08. The normalized spacial score (nSPS) is 13.9. The molecule has 12 heteroatoms. The highest BCUT2D eigenvalue weighted by atomic mass is 19.1. The van der Waals surface area contributed by atoms with Crippen molar-refractivity contribution in [3.63, 3.8) is 0 Å². The van der Waals surface area contributed by atoms with Gasteiger partial charge in [-0.15, -0.1) is 10.2 Å². The number of rotatable bonds is 6. The van der Waals surface area contributed by atoms with Crippen LogP contribution in [0.3, 0.4) is 0 Å². The molecular formula is C30H24F2N8O2. The van der Waals surface area contributed by atoms with E-state index in [1.54, 1.807) is 25.1 Å². The lowest BCUT2D eigenvalue weighted by Gasteiger charge is -2.22. The Morgan fingerprint density at radius 3 is 2.50 bits per heavy atom. The zero-order valence-corrected chi connectivity index (χ0v) is 22.4. The van der Waals surface area contributed by atoms with E-state index in [0.29, 0.717) is 29.8 Å². The van der Waals surface area contributed by atoms with E-state index in [9.17, 15) is 18.4 Å². The number of hydrogen-bond acceptors (Lipinski definition) is 7. The minimum Gasteiger partial charge on any atom is -0.347 e. The largest absolute Gasteiger partial charge is 0.347 e. The summed E-state index contributed by atoms with van der Waals surface area (Å²) < 4.78 is 28.0. The minimum absolute atomic E-state index is 0.00792. The molecule has 1 aliphatic carbocycles. The molecule has 0 unspecified atom stereocenters. The number of nitrogens with zero attached hydrogens (tertiary/aromatic N) is 5. The smallest absolute Gasteiger partial charge is 0.270 e. The van der Waals surface area contributed by atoms with Crippen LogP contribution in [0.15, 0.2) is 67.0 Å². The lowest BCUT2D eigenvalue weighted by atomic mass is 9.93. The van der Waals surface area contributed by atoms with Gasteiger partial charge < -0.3 is 10.6 Å². The highest BCUT2D eigenvalue weighted by Crippen LogP contribution is 2.35. The maximum absolute atomic E-state index is 14.4. The maximum Gasteiger partial charge on any atom is 0.270 e. The maximum atomic E-state index is 14.4. The van der Waals surface area contributed by atoms with Crippen LogP contribution < -0.4 is 10.6 Å². The predicted octanol–water partition coefficient (Wildman–Crippen LogP) is 3.79. The highest BCUT2D eigenvalue weighted by Gasteiger charge is 2.27. The summed E-state index contributed by atoms with van der Waals surface area (Å²) in [6.07, 6.45) is 2.42. The van der Waals surface area contributed by atoms with E-state index in [-0.39, 0.29) is 23.7 Å². The first-order valence-electron chi connectivity index (χ1n) is 13.2. The molecule has 3 aromatic carbocycles. The lowest BCUT2D eigenvalue weighted by molar-refractivity contribution is 0.0937. The van der Waals surface area contributed by atoms with Gasteiger partial charge in [0.15, 0.2) is 0 Å². The van der Waals surface area contributed by atoms with Gasteiger partial charge >= 0.3 is 0 Å². The van der Waals surface area contributed by atoms with Gasteiger partial charge in [-0.25, -0.2) is 18.7 Å². The Bertz CT molecular complexity index is 1810. The summed E-state index contributed by atoms with van der Waals surface area (Å²) in [5, 5.41) is 19.9. The number of amides is 2. The van der Waals surface area contributed by atoms with E-state index in [1.807, 2.05) is 18.2 Å². The van der Waals surface area contributed by atoms with Crippen molar-refractivity contribution < 1.29 is 18.4 Å². The molecule has 3 N–H and O–H groups in total. The third kappa shape index (κ3) is 5.46. The molecule has 1 atom stereocenters. The van der Waals surface area contributed by atoms with Crippen molar-refractivity contribution in [1.82, 2.24) is 41.2 Å². The van der Waals surface area contributed by atoms with Gasteiger partial charge in [0.1, 0.15) is 29.3 Å². The first-order chi connectivity index (χ1) is 20.4. The molecule has 0 bridgehead atoms. The Balaban J connectivity index is 1.26. The molecule has 0 spiro atoms. The van der Waals surface area contributed by atoms with Crippen LogP contribution in [0.1, 0.15) is 60.4 Å². The molecule has 10 nitrogen and oxygen atoms in total. The topological polar surface area (TPSA) is 138 Å². The number of hydrogen-bond donors (Lipinski definition) is 3. The summed E-state index contributed by atoms with van der Waals surface area (Å²) in [7, 11) is 0. The Morgan fingerprint density at radius 2 is 1.71 bits per heavy atom. The minimum atomic E-state index is -0.686. The van der Waals surface area contributed by atoms with Gasteiger partial charge in [-0.05, 0) is 82.6 Å². The van der Waals surface area contributed by atoms with Crippen LogP contribution in [0.5, 0.6) is 0 Å². The van der Waals surface area contributed by atoms with E-state index < -0.39 is 23.7 Å². The van der Waals surface area contributed by atoms with Crippen LogP contribution in [0.2, 0.25) is 0 Å². The number of carbonyl (C=O) groups is 2. The Morgan fingerprint density at radius 1 is 0.905 bits per heavy atom. The van der Waals surface area contributed by atoms with Crippen molar-refractivity contribution in [3.05, 3.63) is 123 Å². The first-order valence-corrected chi connectivity index (χ1v) is 13.2. The fourth-order valence-corrected chi connectivity index (χ4v) is 5.08. The quantitative estimate of drug-likeness (QED) is 0.284. The standard InChI is InChI=1S/C30H24F2N8O2/c1-16-10-17(2-9-24(16)32)14-33-29(41)25-13-26(35-15-34-25)30(42)36-27-22-8-6-20(28-37-39-40-38-28)11-19(22)4-3-18-5-7-21(31)12-23(18)27/h2,5-13,15,27H,3-4,14H2,1H3,(H,33,41)(H,36,42)(H,37,38,39,40)/t27-/m0/s1. The lowest BCUT2D eigenvalue weighted by Crippen LogP contribution is -2.31. The summed E-state index contributed by atoms with van der Waals surface area (Å²) in [5.41, 5.74) is 5.18. The van der Waals surface area contributed by atoms with Gasteiger partial charge in [0.2, 0.25) is 5.82 Å². The Labute approximate surface area is 238 Å². The summed E-state index contributed by atoms with van der Waals surface area (Å²) in [5.74, 6) is -1.39. The highest BCUT2D eigenvalue weighted by molar-refractivity contribution is 5.97. The van der Waals surface area contributed by atoms with Crippen LogP contribution >= 0.6 is 0 Å². The summed E-state index contributed by atoms with van der Waals surface area (Å²) >= 11 is 0. The third-order valence-electron chi connectivity index (χ3n) is 7.22. The molecule has 2 aromatic heterocycles. The van der Waals surface area contributed by atoms with E-state index >= 15 is 0 Å². The predicted molar refractivity (Wildman–Crippen MR) is 147 cm³/mol. The van der Waals surface area contributed by atoms with Gasteiger partial charge in [-0.3, -0.25) is 9.59 Å². The molecule has 2 amide bonds. The molecule has 210 valence electrons. The molecule has 0 aliphatic heterocycles. The van der Waals surface area contributed by atoms with E-state index in [4.69, 9.17) is 0 Å². The number of nitrogens with one attached hydrogen (secondary N) is 3. The second-order valence-corrected chi connectivity index (χ2v) is 9.95. The number of benzene rings is 3. The zero-order valence-electron chi connectivity index (χ0n) is 22.4. The molecule has 0 fully saturated rings. The number of H-pyrrole nitrogens is 1. The Hall–Kier alpha value is -5.39. The summed E-state index contributed by atoms with van der Waals surface area (Å²) in [6.45, 7) is 1.79. The first kappa shape index (κ1) is 26.8. The van der Waals surface area contributed by atoms with Crippen molar-refractivity contribution in [2.24, 2.45) is 0 Å². The molecule has 6 rings (SSSR count). The van der Waals surface area contributed by atoms with Crippen molar-refractivity contribution in [1.29, 1.82) is 0 Å². The van der Waals surface area contributed by atoms with Crippen LogP contribution in [-0.4, -0.2) is 42.4 Å². The fraction of sp³-hybridized carbons (Fsp3) is 0.167.